The lowest BCUT2D eigenvalue weighted by atomic mass is 10.3. The van der Waals surface area contributed by atoms with Crippen LogP contribution in [0.3, 0.4) is 0 Å². The highest BCUT2D eigenvalue weighted by Crippen LogP contribution is 2.19. The van der Waals surface area contributed by atoms with Crippen molar-refractivity contribution in [3.05, 3.63) is 36.5 Å². The Balaban J connectivity index is 2.26. The smallest absolute Gasteiger partial charge is 0.119 e. The van der Waals surface area contributed by atoms with Gasteiger partial charge in [-0.1, -0.05) is 13.0 Å². The maximum atomic E-state index is 5.73. The minimum Gasteiger partial charge on any atom is -0.493 e. The maximum Gasteiger partial charge on any atom is 0.119 e. The summed E-state index contributed by atoms with van der Waals surface area (Å²) in [5.41, 5.74) is 2.76. The molecule has 118 valence electrons. The van der Waals surface area contributed by atoms with Crippen molar-refractivity contribution in [1.82, 2.24) is 5.48 Å². The molecule has 2 atom stereocenters. The minimum atomic E-state index is 0.0919. The van der Waals surface area contributed by atoms with E-state index in [0.717, 1.165) is 24.3 Å². The molecule has 4 nitrogen and oxygen atoms in total. The number of rotatable bonds is 10. The van der Waals surface area contributed by atoms with Crippen LogP contribution in [-0.4, -0.2) is 18.8 Å². The van der Waals surface area contributed by atoms with E-state index in [1.54, 1.807) is 6.20 Å². The molecule has 0 saturated heterocycles. The van der Waals surface area contributed by atoms with E-state index in [1.165, 1.54) is 0 Å². The van der Waals surface area contributed by atoms with Gasteiger partial charge in [-0.05, 0) is 51.5 Å². The van der Waals surface area contributed by atoms with Gasteiger partial charge in [0.2, 0.25) is 0 Å². The standard InChI is InChI=1S/C17H27NO3/c1-5-12-18-21-15(4)11-13-19-16-7-9-17(10-8-16)20-14(3)6-2/h5,7-10,12,14-15,18H,6,11,13H2,1-4H3. The monoisotopic (exact) mass is 293 g/mol. The van der Waals surface area contributed by atoms with Crippen molar-refractivity contribution in [2.75, 3.05) is 6.61 Å². The molecule has 1 rings (SSSR count). The molecule has 1 aromatic rings. The Bertz CT molecular complexity index is 403. The summed E-state index contributed by atoms with van der Waals surface area (Å²) >= 11 is 0. The lowest BCUT2D eigenvalue weighted by molar-refractivity contribution is -0.000930. The molecule has 0 aromatic heterocycles. The average Bonchev–Trinajstić information content (AvgIpc) is 2.49. The van der Waals surface area contributed by atoms with Gasteiger partial charge in [-0.3, -0.25) is 10.3 Å². The van der Waals surface area contributed by atoms with Gasteiger partial charge in [0.1, 0.15) is 11.5 Å². The summed E-state index contributed by atoms with van der Waals surface area (Å²) < 4.78 is 11.4. The molecular weight excluding hydrogens is 266 g/mol. The molecule has 0 aliphatic heterocycles. The summed E-state index contributed by atoms with van der Waals surface area (Å²) in [4.78, 5) is 5.36. The van der Waals surface area contributed by atoms with E-state index in [4.69, 9.17) is 14.3 Å². The average molecular weight is 293 g/mol. The van der Waals surface area contributed by atoms with E-state index in [-0.39, 0.29) is 12.2 Å². The normalized spacial score (nSPS) is 13.9. The summed E-state index contributed by atoms with van der Waals surface area (Å²) in [6.45, 7) is 8.72. The highest BCUT2D eigenvalue weighted by atomic mass is 16.7. The number of nitrogens with one attached hydrogen (secondary N) is 1. The molecule has 2 unspecified atom stereocenters. The van der Waals surface area contributed by atoms with Gasteiger partial charge >= 0.3 is 0 Å². The second kappa shape index (κ2) is 10.1. The largest absolute Gasteiger partial charge is 0.493 e. The van der Waals surface area contributed by atoms with Crippen LogP contribution < -0.4 is 15.0 Å². The van der Waals surface area contributed by atoms with Crippen LogP contribution in [0.2, 0.25) is 0 Å². The third kappa shape index (κ3) is 7.61. The third-order valence-corrected chi connectivity index (χ3v) is 3.03. The lowest BCUT2D eigenvalue weighted by Gasteiger charge is -2.14. The Hall–Kier alpha value is -1.68. The molecule has 0 saturated carbocycles. The molecule has 0 fully saturated rings. The van der Waals surface area contributed by atoms with E-state index >= 15 is 0 Å². The molecule has 0 bridgehead atoms. The highest BCUT2D eigenvalue weighted by molar-refractivity contribution is 5.31. The SMILES string of the molecule is CC=CNOC(C)CCOc1ccc(OC(C)CC)cc1. The van der Waals surface area contributed by atoms with Crippen LogP contribution in [0.4, 0.5) is 0 Å². The molecule has 0 aliphatic carbocycles. The lowest BCUT2D eigenvalue weighted by Crippen LogP contribution is -2.19. The maximum absolute atomic E-state index is 5.73. The first-order valence-electron chi connectivity index (χ1n) is 7.57. The van der Waals surface area contributed by atoms with Crippen LogP contribution >= 0.6 is 0 Å². The van der Waals surface area contributed by atoms with Crippen LogP contribution in [0.15, 0.2) is 36.5 Å². The fourth-order valence-corrected chi connectivity index (χ4v) is 1.56. The van der Waals surface area contributed by atoms with Crippen LogP contribution in [0.1, 0.15) is 40.5 Å². The van der Waals surface area contributed by atoms with Crippen LogP contribution in [0, 0.1) is 0 Å². The predicted octanol–water partition coefficient (Wildman–Crippen LogP) is 4.08. The minimum absolute atomic E-state index is 0.0919. The fraction of sp³-hybridized carbons (Fsp3) is 0.529. The summed E-state index contributed by atoms with van der Waals surface area (Å²) in [6, 6.07) is 7.74. The molecule has 21 heavy (non-hydrogen) atoms. The molecule has 0 amide bonds. The first-order chi connectivity index (χ1) is 10.2. The van der Waals surface area contributed by atoms with Crippen LogP contribution in [0.5, 0.6) is 11.5 Å². The number of hydrogen-bond acceptors (Lipinski definition) is 4. The van der Waals surface area contributed by atoms with Crippen molar-refractivity contribution in [3.8, 4) is 11.5 Å². The van der Waals surface area contributed by atoms with Gasteiger partial charge in [0.05, 0.1) is 18.8 Å². The van der Waals surface area contributed by atoms with Crippen molar-refractivity contribution in [2.24, 2.45) is 0 Å². The van der Waals surface area contributed by atoms with E-state index in [0.29, 0.717) is 6.61 Å². The van der Waals surface area contributed by atoms with Gasteiger partial charge in [0, 0.05) is 12.6 Å². The molecule has 0 heterocycles. The summed E-state index contributed by atoms with van der Waals surface area (Å²) in [6.07, 6.45) is 5.78. The zero-order valence-electron chi connectivity index (χ0n) is 13.5. The van der Waals surface area contributed by atoms with Crippen molar-refractivity contribution < 1.29 is 14.3 Å². The number of ether oxygens (including phenoxy) is 2. The molecular formula is C17H27NO3. The second-order valence-electron chi connectivity index (χ2n) is 4.99. The van der Waals surface area contributed by atoms with E-state index < -0.39 is 0 Å². The number of hydroxylamine groups is 1. The van der Waals surface area contributed by atoms with Gasteiger partial charge in [0.25, 0.3) is 0 Å². The molecule has 4 heteroatoms. The van der Waals surface area contributed by atoms with Gasteiger partial charge in [0.15, 0.2) is 0 Å². The molecule has 0 radical (unpaired) electrons. The number of allylic oxidation sites excluding steroid dienone is 1. The van der Waals surface area contributed by atoms with Crippen molar-refractivity contribution in [3.63, 3.8) is 0 Å². The summed E-state index contributed by atoms with van der Waals surface area (Å²) in [7, 11) is 0. The van der Waals surface area contributed by atoms with Crippen molar-refractivity contribution in [1.29, 1.82) is 0 Å². The van der Waals surface area contributed by atoms with Crippen molar-refractivity contribution >= 4 is 0 Å². The second-order valence-corrected chi connectivity index (χ2v) is 4.99. The van der Waals surface area contributed by atoms with Crippen LogP contribution in [-0.2, 0) is 4.84 Å². The summed E-state index contributed by atoms with van der Waals surface area (Å²) in [5, 5.41) is 0. The predicted molar refractivity (Wildman–Crippen MR) is 85.4 cm³/mol. The van der Waals surface area contributed by atoms with E-state index in [9.17, 15) is 0 Å². The van der Waals surface area contributed by atoms with Gasteiger partial charge in [-0.2, -0.15) is 0 Å². The Labute approximate surface area is 128 Å². The van der Waals surface area contributed by atoms with E-state index in [1.807, 2.05) is 44.2 Å². The fourth-order valence-electron chi connectivity index (χ4n) is 1.56. The first kappa shape index (κ1) is 17.4. The molecule has 0 aliphatic rings. The van der Waals surface area contributed by atoms with E-state index in [2.05, 4.69) is 19.3 Å². The zero-order chi connectivity index (χ0) is 15.5. The Morgan fingerprint density at radius 3 is 2.38 bits per heavy atom. The zero-order valence-corrected chi connectivity index (χ0v) is 13.5. The molecule has 1 aromatic carbocycles. The molecule has 1 N–H and O–H groups in total. The Kier molecular flexibility index (Phi) is 8.36. The van der Waals surface area contributed by atoms with Gasteiger partial charge < -0.3 is 9.47 Å². The van der Waals surface area contributed by atoms with Crippen LogP contribution in [0.25, 0.3) is 0 Å². The Morgan fingerprint density at radius 2 is 1.76 bits per heavy atom. The number of benzene rings is 1. The quantitative estimate of drug-likeness (QED) is 0.660. The third-order valence-electron chi connectivity index (χ3n) is 3.03. The molecule has 0 spiro atoms. The Morgan fingerprint density at radius 1 is 1.10 bits per heavy atom. The van der Waals surface area contributed by atoms with Gasteiger partial charge in [-0.25, -0.2) is 0 Å². The van der Waals surface area contributed by atoms with Gasteiger partial charge in [-0.15, -0.1) is 0 Å². The topological polar surface area (TPSA) is 39.7 Å². The first-order valence-corrected chi connectivity index (χ1v) is 7.57. The number of hydrogen-bond donors (Lipinski definition) is 1. The van der Waals surface area contributed by atoms with Crippen molar-refractivity contribution in [2.45, 2.75) is 52.7 Å². The summed E-state index contributed by atoms with van der Waals surface area (Å²) in [5.74, 6) is 1.73. The highest BCUT2D eigenvalue weighted by Gasteiger charge is 2.04.